The lowest BCUT2D eigenvalue weighted by atomic mass is 9.97. The quantitative estimate of drug-likeness (QED) is 0.943. The van der Waals surface area contributed by atoms with E-state index in [1.807, 2.05) is 19.1 Å². The second kappa shape index (κ2) is 6.34. The summed E-state index contributed by atoms with van der Waals surface area (Å²) in [5, 5.41) is 0.794. The number of piperidine rings is 1. The van der Waals surface area contributed by atoms with Crippen molar-refractivity contribution >= 4 is 10.9 Å². The summed E-state index contributed by atoms with van der Waals surface area (Å²) in [6.07, 6.45) is 4.07. The Bertz CT molecular complexity index is 791. The van der Waals surface area contributed by atoms with Gasteiger partial charge in [-0.1, -0.05) is 18.1 Å². The summed E-state index contributed by atoms with van der Waals surface area (Å²) in [5.41, 5.74) is 3.23. The van der Waals surface area contributed by atoms with Crippen molar-refractivity contribution in [1.82, 2.24) is 14.8 Å². The van der Waals surface area contributed by atoms with Gasteiger partial charge >= 0.3 is 0 Å². The first kappa shape index (κ1) is 15.9. The molecule has 0 spiro atoms. The molecule has 2 aliphatic heterocycles. The summed E-state index contributed by atoms with van der Waals surface area (Å²) in [6, 6.07) is 9.25. The molecule has 0 bridgehead atoms. The second-order valence-corrected chi connectivity index (χ2v) is 7.64. The van der Waals surface area contributed by atoms with Gasteiger partial charge in [0.1, 0.15) is 0 Å². The molecule has 1 aromatic heterocycles. The van der Waals surface area contributed by atoms with Crippen molar-refractivity contribution < 1.29 is 0 Å². The predicted octanol–water partition coefficient (Wildman–Crippen LogP) is 2.90. The molecule has 1 N–H and O–H groups in total. The molecule has 1 unspecified atom stereocenters. The van der Waals surface area contributed by atoms with Crippen molar-refractivity contribution in [3.05, 3.63) is 45.7 Å². The summed E-state index contributed by atoms with van der Waals surface area (Å²) in [7, 11) is 0. The largest absolute Gasteiger partial charge is 0.357 e. The molecule has 4 heteroatoms. The number of fused-ring (bicyclic) bond motifs is 1. The zero-order valence-electron chi connectivity index (χ0n) is 14.7. The van der Waals surface area contributed by atoms with E-state index in [1.54, 1.807) is 6.07 Å². The van der Waals surface area contributed by atoms with Crippen LogP contribution in [0.5, 0.6) is 0 Å². The number of pyridine rings is 1. The van der Waals surface area contributed by atoms with Crippen molar-refractivity contribution in [1.29, 1.82) is 0 Å². The van der Waals surface area contributed by atoms with Gasteiger partial charge in [0, 0.05) is 54.4 Å². The maximum atomic E-state index is 12.3. The molecule has 2 aliphatic rings. The van der Waals surface area contributed by atoms with Crippen LogP contribution in [0.25, 0.3) is 10.9 Å². The van der Waals surface area contributed by atoms with Crippen LogP contribution in [0, 0.1) is 6.92 Å². The van der Waals surface area contributed by atoms with Gasteiger partial charge in [-0.05, 0) is 45.4 Å². The van der Waals surface area contributed by atoms with E-state index < -0.39 is 0 Å². The Labute approximate surface area is 143 Å². The number of aryl methyl sites for hydroxylation is 1. The van der Waals surface area contributed by atoms with Crippen LogP contribution >= 0.6 is 0 Å². The highest BCUT2D eigenvalue weighted by molar-refractivity contribution is 5.79. The topological polar surface area (TPSA) is 39.3 Å². The Kier molecular flexibility index (Phi) is 4.19. The number of H-pyrrole nitrogens is 1. The minimum atomic E-state index is 0.129. The number of hydrogen-bond acceptors (Lipinski definition) is 3. The number of aromatic nitrogens is 1. The summed E-state index contributed by atoms with van der Waals surface area (Å²) in [5.74, 6) is 0. The Morgan fingerprint density at radius 3 is 2.83 bits per heavy atom. The molecule has 1 atom stereocenters. The lowest BCUT2D eigenvalue weighted by molar-refractivity contribution is -0.00670. The highest BCUT2D eigenvalue weighted by Gasteiger charge is 2.34. The van der Waals surface area contributed by atoms with E-state index >= 15 is 0 Å². The van der Waals surface area contributed by atoms with E-state index in [9.17, 15) is 4.79 Å². The van der Waals surface area contributed by atoms with Crippen molar-refractivity contribution in [3.8, 4) is 0 Å². The van der Waals surface area contributed by atoms with Gasteiger partial charge in [0.2, 0.25) is 0 Å². The molecule has 2 saturated heterocycles. The van der Waals surface area contributed by atoms with Gasteiger partial charge in [0.15, 0.2) is 5.43 Å². The molecule has 24 heavy (non-hydrogen) atoms. The van der Waals surface area contributed by atoms with E-state index in [0.29, 0.717) is 6.04 Å². The smallest absolute Gasteiger partial charge is 0.189 e. The number of nitrogens with zero attached hydrogens (tertiary/aromatic N) is 2. The van der Waals surface area contributed by atoms with Crippen LogP contribution in [0.2, 0.25) is 0 Å². The molecule has 4 nitrogen and oxygen atoms in total. The van der Waals surface area contributed by atoms with Crippen LogP contribution in [0.1, 0.15) is 37.4 Å². The highest BCUT2D eigenvalue weighted by atomic mass is 16.1. The van der Waals surface area contributed by atoms with E-state index in [2.05, 4.69) is 27.8 Å². The fraction of sp³-hybridized carbons (Fsp3) is 0.550. The summed E-state index contributed by atoms with van der Waals surface area (Å²) in [4.78, 5) is 20.9. The average Bonchev–Trinajstić information content (AvgIpc) is 2.52. The van der Waals surface area contributed by atoms with Gasteiger partial charge in [0.05, 0.1) is 0 Å². The van der Waals surface area contributed by atoms with Crippen molar-refractivity contribution in [2.24, 2.45) is 0 Å². The Hall–Kier alpha value is -1.65. The number of aromatic amines is 1. The van der Waals surface area contributed by atoms with E-state index in [4.69, 9.17) is 0 Å². The number of nitrogens with one attached hydrogen (secondary N) is 1. The number of rotatable bonds is 3. The fourth-order valence-electron chi connectivity index (χ4n) is 4.29. The summed E-state index contributed by atoms with van der Waals surface area (Å²) < 4.78 is 0. The lowest BCUT2D eigenvalue weighted by Gasteiger charge is -2.49. The first-order valence-corrected chi connectivity index (χ1v) is 9.21. The third kappa shape index (κ3) is 3.01. The van der Waals surface area contributed by atoms with Crippen LogP contribution in [-0.2, 0) is 6.54 Å². The molecule has 3 heterocycles. The average molecular weight is 325 g/mol. The minimum absolute atomic E-state index is 0.129. The third-order valence-corrected chi connectivity index (χ3v) is 5.70. The molecule has 0 saturated carbocycles. The lowest BCUT2D eigenvalue weighted by Crippen LogP contribution is -2.61. The third-order valence-electron chi connectivity index (χ3n) is 5.70. The number of hydrogen-bond donors (Lipinski definition) is 1. The number of benzene rings is 1. The normalized spacial score (nSPS) is 23.5. The van der Waals surface area contributed by atoms with Gasteiger partial charge in [0.25, 0.3) is 0 Å². The van der Waals surface area contributed by atoms with Crippen LogP contribution < -0.4 is 5.43 Å². The monoisotopic (exact) mass is 325 g/mol. The molecular weight excluding hydrogens is 298 g/mol. The van der Waals surface area contributed by atoms with Gasteiger partial charge in [-0.3, -0.25) is 14.6 Å². The first-order chi connectivity index (χ1) is 11.6. The van der Waals surface area contributed by atoms with Crippen LogP contribution in [0.4, 0.5) is 0 Å². The van der Waals surface area contributed by atoms with E-state index in [-0.39, 0.29) is 5.43 Å². The van der Waals surface area contributed by atoms with Crippen molar-refractivity contribution in [2.45, 2.75) is 51.7 Å². The predicted molar refractivity (Wildman–Crippen MR) is 98.4 cm³/mol. The number of likely N-dealkylation sites (tertiary alicyclic amines) is 2. The fourth-order valence-corrected chi connectivity index (χ4v) is 4.29. The Balaban J connectivity index is 1.43. The summed E-state index contributed by atoms with van der Waals surface area (Å²) >= 11 is 0. The van der Waals surface area contributed by atoms with Gasteiger partial charge < -0.3 is 4.98 Å². The SMILES string of the molecule is Cc1ccc2[nH]c(CN3CC(N4CCCCC4C)C3)cc(=O)c2c1. The van der Waals surface area contributed by atoms with E-state index in [0.717, 1.165) is 47.8 Å². The Morgan fingerprint density at radius 1 is 1.21 bits per heavy atom. The van der Waals surface area contributed by atoms with Gasteiger partial charge in [-0.15, -0.1) is 0 Å². The van der Waals surface area contributed by atoms with Gasteiger partial charge in [-0.2, -0.15) is 0 Å². The molecule has 128 valence electrons. The molecule has 0 amide bonds. The van der Waals surface area contributed by atoms with Crippen LogP contribution in [0.3, 0.4) is 0 Å². The summed E-state index contributed by atoms with van der Waals surface area (Å²) in [6.45, 7) is 8.74. The van der Waals surface area contributed by atoms with Crippen LogP contribution in [-0.4, -0.2) is 46.5 Å². The highest BCUT2D eigenvalue weighted by Crippen LogP contribution is 2.25. The molecule has 0 aliphatic carbocycles. The molecule has 4 rings (SSSR count). The van der Waals surface area contributed by atoms with Crippen molar-refractivity contribution in [2.75, 3.05) is 19.6 Å². The Morgan fingerprint density at radius 2 is 2.04 bits per heavy atom. The first-order valence-electron chi connectivity index (χ1n) is 9.21. The van der Waals surface area contributed by atoms with Gasteiger partial charge in [-0.25, -0.2) is 0 Å². The molecule has 2 aromatic rings. The van der Waals surface area contributed by atoms with E-state index in [1.165, 1.54) is 25.8 Å². The zero-order chi connectivity index (χ0) is 16.7. The van der Waals surface area contributed by atoms with Crippen molar-refractivity contribution in [3.63, 3.8) is 0 Å². The minimum Gasteiger partial charge on any atom is -0.357 e. The maximum absolute atomic E-state index is 12.3. The molecule has 1 aromatic carbocycles. The molecular formula is C20H27N3O. The molecule has 2 fully saturated rings. The standard InChI is InChI=1S/C20H27N3O/c1-14-6-7-19-18(9-14)20(24)10-16(21-19)11-22-12-17(13-22)23-8-4-3-5-15(23)2/h6-7,9-10,15,17H,3-5,8,11-13H2,1-2H3,(H,21,24). The maximum Gasteiger partial charge on any atom is 0.189 e. The second-order valence-electron chi connectivity index (χ2n) is 7.64. The zero-order valence-corrected chi connectivity index (χ0v) is 14.7. The van der Waals surface area contributed by atoms with Crippen LogP contribution in [0.15, 0.2) is 29.1 Å². The molecule has 0 radical (unpaired) electrons.